The Morgan fingerprint density at radius 2 is 2.15 bits per heavy atom. The molecule has 5 heteroatoms. The van der Waals surface area contributed by atoms with E-state index in [2.05, 4.69) is 9.88 Å². The Morgan fingerprint density at radius 3 is 3.10 bits per heavy atom. The van der Waals surface area contributed by atoms with E-state index in [-0.39, 0.29) is 0 Å². The van der Waals surface area contributed by atoms with E-state index in [0.29, 0.717) is 5.82 Å². The number of hydrogen-bond donors (Lipinski definition) is 1. The molecule has 2 atom stereocenters. The third-order valence-electron chi connectivity index (χ3n) is 4.85. The zero-order valence-electron chi connectivity index (χ0n) is 11.6. The van der Waals surface area contributed by atoms with Crippen LogP contribution in [-0.2, 0) is 6.54 Å². The molecule has 0 spiro atoms. The van der Waals surface area contributed by atoms with Crippen LogP contribution in [-0.4, -0.2) is 27.5 Å². The summed E-state index contributed by atoms with van der Waals surface area (Å²) in [4.78, 5) is 12.8. The first-order valence-electron chi connectivity index (χ1n) is 7.55. The van der Waals surface area contributed by atoms with Gasteiger partial charge in [0.2, 0.25) is 0 Å². The number of aromatic nitrogens is 2. The standard InChI is InChI=1S/C15H20N4S/c16-14-11-6-8-20-15(11)18-13(17-14)9-19-7-2-4-10-3-1-5-12(10)19/h6,8,10,12H,1-5,7,9H2,(H2,16,17,18). The molecule has 0 bridgehead atoms. The van der Waals surface area contributed by atoms with Crippen LogP contribution in [0, 0.1) is 5.92 Å². The Labute approximate surface area is 123 Å². The first-order chi connectivity index (χ1) is 9.81. The molecule has 2 aromatic rings. The van der Waals surface area contributed by atoms with Gasteiger partial charge in [0.1, 0.15) is 16.5 Å². The SMILES string of the molecule is Nc1nc(CN2CCCC3CCCC32)nc2sccc12. The lowest BCUT2D eigenvalue weighted by Crippen LogP contribution is -2.42. The zero-order chi connectivity index (χ0) is 13.5. The van der Waals surface area contributed by atoms with Crippen molar-refractivity contribution >= 4 is 27.4 Å². The van der Waals surface area contributed by atoms with Gasteiger partial charge in [0, 0.05) is 6.04 Å². The van der Waals surface area contributed by atoms with Gasteiger partial charge in [0.05, 0.1) is 11.9 Å². The molecule has 106 valence electrons. The van der Waals surface area contributed by atoms with Crippen molar-refractivity contribution in [2.45, 2.75) is 44.7 Å². The highest BCUT2D eigenvalue weighted by molar-refractivity contribution is 7.16. The maximum absolute atomic E-state index is 6.05. The van der Waals surface area contributed by atoms with Crippen LogP contribution < -0.4 is 5.73 Å². The van der Waals surface area contributed by atoms with Crippen molar-refractivity contribution in [3.05, 3.63) is 17.3 Å². The van der Waals surface area contributed by atoms with Gasteiger partial charge in [-0.05, 0) is 49.6 Å². The summed E-state index contributed by atoms with van der Waals surface area (Å²) in [7, 11) is 0. The van der Waals surface area contributed by atoms with Crippen LogP contribution in [0.3, 0.4) is 0 Å². The van der Waals surface area contributed by atoms with Crippen molar-refractivity contribution in [2.24, 2.45) is 5.92 Å². The minimum Gasteiger partial charge on any atom is -0.383 e. The molecule has 0 aromatic carbocycles. The lowest BCUT2D eigenvalue weighted by atomic mass is 9.92. The van der Waals surface area contributed by atoms with Gasteiger partial charge >= 0.3 is 0 Å². The molecule has 1 saturated carbocycles. The highest BCUT2D eigenvalue weighted by atomic mass is 32.1. The summed E-state index contributed by atoms with van der Waals surface area (Å²) in [6, 6.07) is 2.76. The van der Waals surface area contributed by atoms with Gasteiger partial charge in [0.25, 0.3) is 0 Å². The van der Waals surface area contributed by atoms with Crippen LogP contribution in [0.5, 0.6) is 0 Å². The number of nitrogen functional groups attached to an aromatic ring is 1. The third kappa shape index (κ3) is 2.09. The van der Waals surface area contributed by atoms with Crippen molar-refractivity contribution in [3.8, 4) is 0 Å². The minimum atomic E-state index is 0.631. The first kappa shape index (κ1) is 12.5. The van der Waals surface area contributed by atoms with E-state index in [4.69, 9.17) is 10.7 Å². The van der Waals surface area contributed by atoms with E-state index in [0.717, 1.165) is 34.5 Å². The van der Waals surface area contributed by atoms with E-state index >= 15 is 0 Å². The molecule has 20 heavy (non-hydrogen) atoms. The Balaban J connectivity index is 1.60. The fraction of sp³-hybridized carbons (Fsp3) is 0.600. The van der Waals surface area contributed by atoms with Gasteiger partial charge in [-0.25, -0.2) is 9.97 Å². The average Bonchev–Trinajstić information content (AvgIpc) is 3.06. The molecule has 2 aliphatic rings. The van der Waals surface area contributed by atoms with Gasteiger partial charge in [-0.3, -0.25) is 4.90 Å². The van der Waals surface area contributed by atoms with Crippen molar-refractivity contribution < 1.29 is 0 Å². The molecule has 1 aliphatic heterocycles. The summed E-state index contributed by atoms with van der Waals surface area (Å²) in [5.74, 6) is 2.43. The van der Waals surface area contributed by atoms with E-state index in [9.17, 15) is 0 Å². The summed E-state index contributed by atoms with van der Waals surface area (Å²) in [6.07, 6.45) is 6.88. The fourth-order valence-corrected chi connectivity index (χ4v) is 4.72. The number of fused-ring (bicyclic) bond motifs is 2. The van der Waals surface area contributed by atoms with Gasteiger partial charge in [-0.1, -0.05) is 6.42 Å². The summed E-state index contributed by atoms with van der Waals surface area (Å²) in [5, 5.41) is 3.03. The van der Waals surface area contributed by atoms with Crippen LogP contribution in [0.1, 0.15) is 37.9 Å². The van der Waals surface area contributed by atoms with Crippen molar-refractivity contribution in [1.82, 2.24) is 14.9 Å². The van der Waals surface area contributed by atoms with Gasteiger partial charge in [-0.2, -0.15) is 0 Å². The molecular weight excluding hydrogens is 268 g/mol. The van der Waals surface area contributed by atoms with E-state index < -0.39 is 0 Å². The zero-order valence-corrected chi connectivity index (χ0v) is 12.4. The number of piperidine rings is 1. The number of nitrogens with zero attached hydrogens (tertiary/aromatic N) is 3. The molecule has 4 nitrogen and oxygen atoms in total. The smallest absolute Gasteiger partial charge is 0.146 e. The topological polar surface area (TPSA) is 55.0 Å². The van der Waals surface area contributed by atoms with Crippen molar-refractivity contribution in [2.75, 3.05) is 12.3 Å². The molecule has 1 saturated heterocycles. The predicted molar refractivity (Wildman–Crippen MR) is 82.6 cm³/mol. The number of nitrogens with two attached hydrogens (primary N) is 1. The van der Waals surface area contributed by atoms with E-state index in [1.807, 2.05) is 11.4 Å². The highest BCUT2D eigenvalue weighted by Gasteiger charge is 2.35. The van der Waals surface area contributed by atoms with Crippen LogP contribution in [0.25, 0.3) is 10.2 Å². The van der Waals surface area contributed by atoms with Gasteiger partial charge in [0.15, 0.2) is 0 Å². The van der Waals surface area contributed by atoms with E-state index in [1.165, 1.54) is 38.6 Å². The Bertz CT molecular complexity index is 623. The summed E-state index contributed by atoms with van der Waals surface area (Å²) >= 11 is 1.65. The number of likely N-dealkylation sites (tertiary alicyclic amines) is 1. The number of hydrogen-bond acceptors (Lipinski definition) is 5. The van der Waals surface area contributed by atoms with Crippen molar-refractivity contribution in [1.29, 1.82) is 0 Å². The van der Waals surface area contributed by atoms with Crippen LogP contribution in [0.15, 0.2) is 11.4 Å². The molecule has 2 aromatic heterocycles. The number of thiophene rings is 1. The summed E-state index contributed by atoms with van der Waals surface area (Å²) in [6.45, 7) is 2.05. The molecule has 2 N–H and O–H groups in total. The molecule has 2 unspecified atom stereocenters. The van der Waals surface area contributed by atoms with Crippen LogP contribution in [0.4, 0.5) is 5.82 Å². The normalized spacial score (nSPS) is 27.0. The van der Waals surface area contributed by atoms with Gasteiger partial charge in [-0.15, -0.1) is 11.3 Å². The molecule has 0 amide bonds. The summed E-state index contributed by atoms with van der Waals surface area (Å²) < 4.78 is 0. The Hall–Kier alpha value is -1.20. The molecule has 0 radical (unpaired) electrons. The highest BCUT2D eigenvalue weighted by Crippen LogP contribution is 2.37. The monoisotopic (exact) mass is 288 g/mol. The lowest BCUT2D eigenvalue weighted by molar-refractivity contribution is 0.103. The second-order valence-electron chi connectivity index (χ2n) is 6.04. The quantitative estimate of drug-likeness (QED) is 0.923. The van der Waals surface area contributed by atoms with E-state index in [1.54, 1.807) is 11.3 Å². The van der Waals surface area contributed by atoms with Crippen molar-refractivity contribution in [3.63, 3.8) is 0 Å². The molecule has 4 rings (SSSR count). The largest absolute Gasteiger partial charge is 0.383 e. The maximum atomic E-state index is 6.05. The van der Waals surface area contributed by atoms with Gasteiger partial charge < -0.3 is 5.73 Å². The Morgan fingerprint density at radius 1 is 1.25 bits per heavy atom. The third-order valence-corrected chi connectivity index (χ3v) is 5.66. The fourth-order valence-electron chi connectivity index (χ4n) is 3.93. The maximum Gasteiger partial charge on any atom is 0.146 e. The Kier molecular flexibility index (Phi) is 3.11. The predicted octanol–water partition coefficient (Wildman–Crippen LogP) is 3.04. The second kappa shape index (κ2) is 4.97. The lowest BCUT2D eigenvalue weighted by Gasteiger charge is -2.37. The first-order valence-corrected chi connectivity index (χ1v) is 8.43. The van der Waals surface area contributed by atoms with Crippen LogP contribution >= 0.6 is 11.3 Å². The van der Waals surface area contributed by atoms with Crippen LogP contribution in [0.2, 0.25) is 0 Å². The molecule has 1 aliphatic carbocycles. The molecular formula is C15H20N4S. The minimum absolute atomic E-state index is 0.631. The summed E-state index contributed by atoms with van der Waals surface area (Å²) in [5.41, 5.74) is 6.05. The molecule has 3 heterocycles. The molecule has 2 fully saturated rings. The number of rotatable bonds is 2. The second-order valence-corrected chi connectivity index (χ2v) is 6.93. The number of anilines is 1. The average molecular weight is 288 g/mol.